The third-order valence-corrected chi connectivity index (χ3v) is 4.63. The van der Waals surface area contributed by atoms with Crippen LogP contribution >= 0.6 is 11.6 Å². The largest absolute Gasteiger partial charge is 0.353 e. The lowest BCUT2D eigenvalue weighted by molar-refractivity contribution is -0.383. The summed E-state index contributed by atoms with van der Waals surface area (Å²) in [6.45, 7) is 5.57. The van der Waals surface area contributed by atoms with E-state index >= 15 is 0 Å². The third kappa shape index (κ3) is 3.82. The van der Waals surface area contributed by atoms with Gasteiger partial charge in [-0.1, -0.05) is 24.6 Å². The number of anilines is 3. The van der Waals surface area contributed by atoms with Crippen LogP contribution in [0.3, 0.4) is 0 Å². The molecule has 0 amide bonds. The third-order valence-electron chi connectivity index (χ3n) is 4.39. The molecule has 1 N–H and O–H groups in total. The minimum Gasteiger partial charge on any atom is -0.350 e. The lowest BCUT2D eigenvalue weighted by Crippen LogP contribution is -2.35. The van der Waals surface area contributed by atoms with E-state index in [1.54, 1.807) is 12.1 Å². The average Bonchev–Trinajstić information content (AvgIpc) is 2.58. The first kappa shape index (κ1) is 17.4. The summed E-state index contributed by atoms with van der Waals surface area (Å²) in [5.41, 5.74) is 1.51. The lowest BCUT2D eigenvalue weighted by Gasteiger charge is -2.31. The Morgan fingerprint density at radius 2 is 2.20 bits per heavy atom. The number of nitrogens with zero attached hydrogens (tertiary/aromatic N) is 4. The number of nitrogens with one attached hydrogen (secondary N) is 1. The standard InChI is InChI=1S/C17H20ClN5O2/c1-11-4-3-7-22(9-11)17-15(23(24)25)16(19-10-20-17)21-14-8-13(18)6-5-12(14)2/h5-6,8,10-11H,3-4,7,9H2,1-2H3,(H,19,20,21). The first-order chi connectivity index (χ1) is 12.0. The fourth-order valence-electron chi connectivity index (χ4n) is 3.10. The van der Waals surface area contributed by atoms with Crippen molar-refractivity contribution in [3.05, 3.63) is 45.2 Å². The fourth-order valence-corrected chi connectivity index (χ4v) is 3.27. The van der Waals surface area contributed by atoms with Crippen LogP contribution in [0.5, 0.6) is 0 Å². The molecule has 0 aliphatic carbocycles. The Kier molecular flexibility index (Phi) is 5.03. The number of hydrogen-bond acceptors (Lipinski definition) is 6. The lowest BCUT2D eigenvalue weighted by atomic mass is 10.0. The molecule has 0 spiro atoms. The fraction of sp³-hybridized carbons (Fsp3) is 0.412. The Balaban J connectivity index is 2.00. The molecule has 1 aliphatic heterocycles. The summed E-state index contributed by atoms with van der Waals surface area (Å²) in [6, 6.07) is 5.35. The van der Waals surface area contributed by atoms with Gasteiger partial charge in [-0.3, -0.25) is 10.1 Å². The maximum absolute atomic E-state index is 11.7. The molecule has 0 saturated carbocycles. The summed E-state index contributed by atoms with van der Waals surface area (Å²) in [7, 11) is 0. The van der Waals surface area contributed by atoms with E-state index in [1.807, 2.05) is 17.9 Å². The molecular formula is C17H20ClN5O2. The SMILES string of the molecule is Cc1ccc(Cl)cc1Nc1ncnc(N2CCCC(C)C2)c1[N+](=O)[O-]. The van der Waals surface area contributed by atoms with Crippen LogP contribution < -0.4 is 10.2 Å². The molecule has 0 bridgehead atoms. The minimum absolute atomic E-state index is 0.101. The van der Waals surface area contributed by atoms with E-state index < -0.39 is 4.92 Å². The Morgan fingerprint density at radius 3 is 2.92 bits per heavy atom. The van der Waals surface area contributed by atoms with Crippen LogP contribution in [0.25, 0.3) is 0 Å². The molecule has 0 radical (unpaired) electrons. The van der Waals surface area contributed by atoms with Gasteiger partial charge in [-0.05, 0) is 43.4 Å². The van der Waals surface area contributed by atoms with Crippen molar-refractivity contribution in [3.8, 4) is 0 Å². The summed E-state index contributed by atoms with van der Waals surface area (Å²) in [6.07, 6.45) is 3.49. The van der Waals surface area contributed by atoms with Gasteiger partial charge in [0.2, 0.25) is 11.6 Å². The van der Waals surface area contributed by atoms with Gasteiger partial charge in [0, 0.05) is 23.8 Å². The molecule has 1 unspecified atom stereocenters. The van der Waals surface area contributed by atoms with Gasteiger partial charge in [0.15, 0.2) is 0 Å². The Labute approximate surface area is 151 Å². The van der Waals surface area contributed by atoms with Gasteiger partial charge >= 0.3 is 5.69 Å². The molecule has 1 aliphatic rings. The number of aromatic nitrogens is 2. The van der Waals surface area contributed by atoms with Crippen LogP contribution in [0.4, 0.5) is 23.0 Å². The van der Waals surface area contributed by atoms with Gasteiger partial charge in [-0.25, -0.2) is 9.97 Å². The predicted molar refractivity (Wildman–Crippen MR) is 98.8 cm³/mol. The first-order valence-electron chi connectivity index (χ1n) is 8.23. The zero-order valence-corrected chi connectivity index (χ0v) is 15.0. The summed E-state index contributed by atoms with van der Waals surface area (Å²) >= 11 is 6.04. The number of piperidine rings is 1. The van der Waals surface area contributed by atoms with Crippen molar-refractivity contribution >= 4 is 34.6 Å². The second kappa shape index (κ2) is 7.23. The van der Waals surface area contributed by atoms with E-state index in [9.17, 15) is 10.1 Å². The molecule has 1 saturated heterocycles. The first-order valence-corrected chi connectivity index (χ1v) is 8.61. The molecule has 132 valence electrons. The van der Waals surface area contributed by atoms with Crippen molar-refractivity contribution < 1.29 is 4.92 Å². The molecule has 1 atom stereocenters. The monoisotopic (exact) mass is 361 g/mol. The maximum atomic E-state index is 11.7. The Morgan fingerprint density at radius 1 is 1.40 bits per heavy atom. The van der Waals surface area contributed by atoms with Crippen molar-refractivity contribution in [3.63, 3.8) is 0 Å². The van der Waals surface area contributed by atoms with Gasteiger partial charge in [-0.15, -0.1) is 0 Å². The normalized spacial score (nSPS) is 17.4. The molecule has 8 heteroatoms. The number of benzene rings is 1. The van der Waals surface area contributed by atoms with Gasteiger partial charge in [0.1, 0.15) is 6.33 Å². The molecule has 3 rings (SSSR count). The average molecular weight is 362 g/mol. The summed E-state index contributed by atoms with van der Waals surface area (Å²) < 4.78 is 0. The van der Waals surface area contributed by atoms with Crippen LogP contribution in [0.1, 0.15) is 25.3 Å². The highest BCUT2D eigenvalue weighted by molar-refractivity contribution is 6.30. The van der Waals surface area contributed by atoms with Crippen molar-refractivity contribution in [2.45, 2.75) is 26.7 Å². The van der Waals surface area contributed by atoms with E-state index in [4.69, 9.17) is 11.6 Å². The second-order valence-corrected chi connectivity index (χ2v) is 6.87. The molecule has 1 aromatic heterocycles. The van der Waals surface area contributed by atoms with E-state index in [1.165, 1.54) is 6.33 Å². The molecule has 1 aromatic carbocycles. The van der Waals surface area contributed by atoms with Crippen LogP contribution in [0.15, 0.2) is 24.5 Å². The highest BCUT2D eigenvalue weighted by Crippen LogP contribution is 2.36. The van der Waals surface area contributed by atoms with Crippen LogP contribution in [-0.2, 0) is 0 Å². The van der Waals surface area contributed by atoms with Gasteiger partial charge in [-0.2, -0.15) is 0 Å². The molecule has 2 aromatic rings. The summed E-state index contributed by atoms with van der Waals surface area (Å²) in [4.78, 5) is 21.6. The quantitative estimate of drug-likeness (QED) is 0.644. The number of nitro groups is 1. The summed E-state index contributed by atoms with van der Waals surface area (Å²) in [5, 5.41) is 15.3. The van der Waals surface area contributed by atoms with E-state index in [-0.39, 0.29) is 11.5 Å². The maximum Gasteiger partial charge on any atom is 0.353 e. The van der Waals surface area contributed by atoms with Crippen LogP contribution in [0, 0.1) is 23.0 Å². The summed E-state index contributed by atoms with van der Waals surface area (Å²) in [5.74, 6) is 1.03. The van der Waals surface area contributed by atoms with Crippen molar-refractivity contribution in [2.75, 3.05) is 23.3 Å². The number of halogens is 1. The van der Waals surface area contributed by atoms with Crippen molar-refractivity contribution in [1.29, 1.82) is 0 Å². The molecule has 1 fully saturated rings. The molecule has 25 heavy (non-hydrogen) atoms. The zero-order valence-electron chi connectivity index (χ0n) is 14.2. The molecular weight excluding hydrogens is 342 g/mol. The Hall–Kier alpha value is -2.41. The van der Waals surface area contributed by atoms with Crippen LogP contribution in [-0.4, -0.2) is 28.0 Å². The predicted octanol–water partition coefficient (Wildman–Crippen LogP) is 4.33. The molecule has 2 heterocycles. The zero-order chi connectivity index (χ0) is 18.0. The highest BCUT2D eigenvalue weighted by Gasteiger charge is 2.29. The number of aryl methyl sites for hydroxylation is 1. The molecule has 7 nitrogen and oxygen atoms in total. The number of rotatable bonds is 4. The smallest absolute Gasteiger partial charge is 0.350 e. The topological polar surface area (TPSA) is 84.2 Å². The highest BCUT2D eigenvalue weighted by atomic mass is 35.5. The number of hydrogen-bond donors (Lipinski definition) is 1. The second-order valence-electron chi connectivity index (χ2n) is 6.43. The van der Waals surface area contributed by atoms with E-state index in [2.05, 4.69) is 22.2 Å². The minimum atomic E-state index is -0.420. The van der Waals surface area contributed by atoms with Gasteiger partial charge < -0.3 is 10.2 Å². The van der Waals surface area contributed by atoms with E-state index in [0.29, 0.717) is 22.4 Å². The van der Waals surface area contributed by atoms with Crippen LogP contribution in [0.2, 0.25) is 5.02 Å². The van der Waals surface area contributed by atoms with Crippen molar-refractivity contribution in [1.82, 2.24) is 9.97 Å². The van der Waals surface area contributed by atoms with Gasteiger partial charge in [0.25, 0.3) is 0 Å². The Bertz CT molecular complexity index is 799. The van der Waals surface area contributed by atoms with Gasteiger partial charge in [0.05, 0.1) is 4.92 Å². The van der Waals surface area contributed by atoms with Crippen molar-refractivity contribution in [2.24, 2.45) is 5.92 Å². The van der Waals surface area contributed by atoms with E-state index in [0.717, 1.165) is 31.5 Å².